The molecule has 10 nitrogen and oxygen atoms in total. The molecule has 3 fully saturated rings. The molecule has 0 bridgehead atoms. The third-order valence-electron chi connectivity index (χ3n) is 10.3. The van der Waals surface area contributed by atoms with Crippen LogP contribution in [0.25, 0.3) is 11.2 Å². The van der Waals surface area contributed by atoms with Crippen LogP contribution in [0.1, 0.15) is 70.7 Å². The SMILES string of the molecule is CCSc1nc(NC(=O)OC(C)(C)C)c2ncn([C@H]3[C@@H]4OC(C)(C)O[C@@H]4[C@]4(COC(c5ccccc5)(c5ccccc5)c5ccccc5)C[C@H]34)c2n1. The van der Waals surface area contributed by atoms with Crippen molar-refractivity contribution < 1.29 is 23.7 Å². The van der Waals surface area contributed by atoms with Crippen LogP contribution in [0.5, 0.6) is 0 Å². The molecule has 270 valence electrons. The molecule has 0 radical (unpaired) electrons. The average molecular weight is 720 g/mol. The number of anilines is 1. The Bertz CT molecular complexity index is 1970. The van der Waals surface area contributed by atoms with Crippen molar-refractivity contribution in [1.82, 2.24) is 19.5 Å². The van der Waals surface area contributed by atoms with Crippen molar-refractivity contribution in [2.45, 2.75) is 88.4 Å². The van der Waals surface area contributed by atoms with Gasteiger partial charge in [0.05, 0.1) is 25.1 Å². The van der Waals surface area contributed by atoms with Crippen LogP contribution in [0.4, 0.5) is 10.6 Å². The van der Waals surface area contributed by atoms with Crippen molar-refractivity contribution in [3.05, 3.63) is 114 Å². The lowest BCUT2D eigenvalue weighted by Gasteiger charge is -2.38. The zero-order valence-corrected chi connectivity index (χ0v) is 31.2. The van der Waals surface area contributed by atoms with E-state index in [0.717, 1.165) is 28.9 Å². The zero-order valence-electron chi connectivity index (χ0n) is 30.4. The highest BCUT2D eigenvalue weighted by Crippen LogP contribution is 2.72. The van der Waals surface area contributed by atoms with Gasteiger partial charge in [-0.05, 0) is 69.4 Å². The first-order valence-corrected chi connectivity index (χ1v) is 19.0. The number of thioether (sulfide) groups is 1. The summed E-state index contributed by atoms with van der Waals surface area (Å²) in [6.07, 6.45) is 1.60. The van der Waals surface area contributed by atoms with Crippen LogP contribution in [0.2, 0.25) is 0 Å². The van der Waals surface area contributed by atoms with Crippen molar-refractivity contribution >= 4 is 34.8 Å². The lowest BCUT2D eigenvalue weighted by atomic mass is 9.80. The summed E-state index contributed by atoms with van der Waals surface area (Å²) < 4.78 is 28.6. The van der Waals surface area contributed by atoms with Gasteiger partial charge in [-0.3, -0.25) is 5.32 Å². The van der Waals surface area contributed by atoms with E-state index in [2.05, 4.69) is 87.7 Å². The Morgan fingerprint density at radius 3 is 2.08 bits per heavy atom. The van der Waals surface area contributed by atoms with Crippen molar-refractivity contribution in [2.75, 3.05) is 17.7 Å². The highest BCUT2D eigenvalue weighted by molar-refractivity contribution is 7.99. The maximum atomic E-state index is 12.9. The zero-order chi connectivity index (χ0) is 36.3. The molecular formula is C41H45N5O5S. The van der Waals surface area contributed by atoms with Crippen LogP contribution < -0.4 is 5.32 Å². The van der Waals surface area contributed by atoms with Gasteiger partial charge in [-0.2, -0.15) is 0 Å². The summed E-state index contributed by atoms with van der Waals surface area (Å²) in [6, 6.07) is 31.3. The number of imidazole rings is 1. The van der Waals surface area contributed by atoms with E-state index >= 15 is 0 Å². The Morgan fingerprint density at radius 1 is 0.923 bits per heavy atom. The minimum atomic E-state index is -0.863. The summed E-state index contributed by atoms with van der Waals surface area (Å²) in [4.78, 5) is 27.3. The molecule has 5 aromatic rings. The number of carbonyl (C=O) groups is 1. The summed E-state index contributed by atoms with van der Waals surface area (Å²) in [5.41, 5.74) is 2.43. The van der Waals surface area contributed by atoms with Gasteiger partial charge >= 0.3 is 6.09 Å². The summed E-state index contributed by atoms with van der Waals surface area (Å²) in [7, 11) is 0. The monoisotopic (exact) mass is 719 g/mol. The minimum Gasteiger partial charge on any atom is -0.444 e. The van der Waals surface area contributed by atoms with Crippen molar-refractivity contribution in [3.63, 3.8) is 0 Å². The predicted molar refractivity (Wildman–Crippen MR) is 200 cm³/mol. The van der Waals surface area contributed by atoms with Gasteiger partial charge in [-0.15, -0.1) is 0 Å². The minimum absolute atomic E-state index is 0.135. The third kappa shape index (κ3) is 6.07. The molecule has 0 unspecified atom stereocenters. The van der Waals surface area contributed by atoms with E-state index < -0.39 is 23.1 Å². The van der Waals surface area contributed by atoms with E-state index in [4.69, 9.17) is 28.9 Å². The van der Waals surface area contributed by atoms with Crippen molar-refractivity contribution in [1.29, 1.82) is 0 Å². The van der Waals surface area contributed by atoms with Gasteiger partial charge < -0.3 is 23.5 Å². The first-order chi connectivity index (χ1) is 24.9. The fourth-order valence-corrected chi connectivity index (χ4v) is 8.82. The molecule has 2 saturated carbocycles. The van der Waals surface area contributed by atoms with Crippen molar-refractivity contribution in [3.8, 4) is 0 Å². The van der Waals surface area contributed by atoms with Gasteiger partial charge in [-0.1, -0.05) is 110 Å². The van der Waals surface area contributed by atoms with Crippen LogP contribution in [-0.4, -0.2) is 61.6 Å². The Morgan fingerprint density at radius 2 is 1.52 bits per heavy atom. The Labute approximate surface area is 308 Å². The second kappa shape index (κ2) is 13.0. The van der Waals surface area contributed by atoms with Gasteiger partial charge in [0.1, 0.15) is 17.3 Å². The van der Waals surface area contributed by atoms with Gasteiger partial charge in [0.25, 0.3) is 0 Å². The molecular weight excluding hydrogens is 675 g/mol. The number of benzene rings is 3. The largest absolute Gasteiger partial charge is 0.444 e. The maximum Gasteiger partial charge on any atom is 0.413 e. The molecule has 1 saturated heterocycles. The van der Waals surface area contributed by atoms with Crippen LogP contribution in [0, 0.1) is 11.3 Å². The van der Waals surface area contributed by atoms with Gasteiger partial charge in [0.2, 0.25) is 0 Å². The fourth-order valence-electron chi connectivity index (χ4n) is 8.26. The normalized spacial score (nSPS) is 24.7. The number of amides is 1. The first kappa shape index (κ1) is 34.8. The molecule has 3 aliphatic rings. The Balaban J connectivity index is 1.19. The van der Waals surface area contributed by atoms with E-state index in [1.54, 1.807) is 6.33 Å². The lowest BCUT2D eigenvalue weighted by molar-refractivity contribution is -0.166. The van der Waals surface area contributed by atoms with Crippen LogP contribution in [-0.2, 0) is 24.5 Å². The number of carbonyl (C=O) groups excluding carboxylic acids is 1. The van der Waals surface area contributed by atoms with Gasteiger partial charge in [0, 0.05) is 5.41 Å². The number of rotatable bonds is 10. The number of hydrogen-bond donors (Lipinski definition) is 1. The smallest absolute Gasteiger partial charge is 0.413 e. The van der Waals surface area contributed by atoms with Crippen LogP contribution >= 0.6 is 11.8 Å². The van der Waals surface area contributed by atoms with E-state index in [9.17, 15) is 4.79 Å². The summed E-state index contributed by atoms with van der Waals surface area (Å²) in [5.74, 6) is 0.452. The molecule has 1 N–H and O–H groups in total. The summed E-state index contributed by atoms with van der Waals surface area (Å²) in [5, 5.41) is 3.39. The molecule has 1 amide bonds. The molecule has 0 spiro atoms. The molecule has 3 heterocycles. The average Bonchev–Trinajstić information content (AvgIpc) is 3.37. The number of ether oxygens (including phenoxy) is 4. The first-order valence-electron chi connectivity index (χ1n) is 18.0. The lowest BCUT2D eigenvalue weighted by Crippen LogP contribution is -2.39. The third-order valence-corrected chi connectivity index (χ3v) is 11.1. The Kier molecular flexibility index (Phi) is 8.68. The maximum absolute atomic E-state index is 12.9. The summed E-state index contributed by atoms with van der Waals surface area (Å²) in [6.45, 7) is 11.9. The molecule has 3 aromatic carbocycles. The number of hydrogen-bond acceptors (Lipinski definition) is 9. The molecule has 1 aliphatic heterocycles. The fraction of sp³-hybridized carbons (Fsp3) is 0.415. The molecule has 8 rings (SSSR count). The molecule has 2 aromatic heterocycles. The molecule has 2 aliphatic carbocycles. The second-order valence-corrected chi connectivity index (χ2v) is 16.6. The topological polar surface area (TPSA) is 110 Å². The highest BCUT2D eigenvalue weighted by Gasteiger charge is 2.76. The van der Waals surface area contributed by atoms with Crippen LogP contribution in [0.3, 0.4) is 0 Å². The van der Waals surface area contributed by atoms with E-state index in [-0.39, 0.29) is 29.6 Å². The number of fused-ring (bicyclic) bond motifs is 4. The standard InChI is InChI=1S/C41H45N5O5S/c1-7-52-36-43-34(44-37(47)51-38(2,3)4)30-35(45-36)46(25-42-30)31-29-23-40(29,33-32(31)49-39(5,6)50-33)24-48-41(26-17-11-8-12-18-26,27-19-13-9-14-20-27)28-21-15-10-16-22-28/h8-22,25,29,31-33H,7,23-24H2,1-6H3,(H,43,44,45,47)/t29-,31-,32+,33+,40+/m1/s1. The van der Waals surface area contributed by atoms with E-state index in [1.165, 1.54) is 11.8 Å². The van der Waals surface area contributed by atoms with E-state index in [0.29, 0.717) is 28.7 Å². The second-order valence-electron chi connectivity index (χ2n) is 15.4. The molecule has 5 atom stereocenters. The molecule has 52 heavy (non-hydrogen) atoms. The van der Waals surface area contributed by atoms with Gasteiger partial charge in [-0.25, -0.2) is 19.7 Å². The quantitative estimate of drug-likeness (QED) is 0.0865. The van der Waals surface area contributed by atoms with Crippen LogP contribution in [0.15, 0.2) is 102 Å². The Hall–Kier alpha value is -4.29. The van der Waals surface area contributed by atoms with Gasteiger partial charge in [0.15, 0.2) is 27.9 Å². The summed E-state index contributed by atoms with van der Waals surface area (Å²) >= 11 is 1.50. The number of nitrogens with zero attached hydrogens (tertiary/aromatic N) is 4. The van der Waals surface area contributed by atoms with E-state index in [1.807, 2.05) is 59.7 Å². The predicted octanol–water partition coefficient (Wildman–Crippen LogP) is 8.38. The highest BCUT2D eigenvalue weighted by atomic mass is 32.2. The van der Waals surface area contributed by atoms with Crippen molar-refractivity contribution in [2.24, 2.45) is 11.3 Å². The molecule has 11 heteroatoms. The number of aromatic nitrogens is 4. The number of nitrogens with one attached hydrogen (secondary N) is 1.